The van der Waals surface area contributed by atoms with Crippen molar-refractivity contribution in [2.75, 3.05) is 5.32 Å². The van der Waals surface area contributed by atoms with Crippen molar-refractivity contribution >= 4 is 34.8 Å². The van der Waals surface area contributed by atoms with Gasteiger partial charge >= 0.3 is 0 Å². The minimum Gasteiger partial charge on any atom is -0.349 e. The van der Waals surface area contributed by atoms with Crippen molar-refractivity contribution in [3.8, 4) is 0 Å². The molecule has 2 aromatic rings. The lowest BCUT2D eigenvalue weighted by atomic mass is 10.0. The maximum Gasteiger partial charge on any atom is 0.289 e. The van der Waals surface area contributed by atoms with E-state index in [2.05, 4.69) is 10.6 Å². The number of nitro groups is 1. The zero-order valence-electron chi connectivity index (χ0n) is 14.3. The van der Waals surface area contributed by atoms with Crippen LogP contribution in [0, 0.1) is 17.0 Å². The molecule has 26 heavy (non-hydrogen) atoms. The molecule has 8 heteroatoms. The summed E-state index contributed by atoms with van der Waals surface area (Å²) in [5.74, 6) is -0.647. The van der Waals surface area contributed by atoms with E-state index in [1.807, 2.05) is 31.2 Å². The Morgan fingerprint density at radius 3 is 2.42 bits per heavy atom. The van der Waals surface area contributed by atoms with E-state index >= 15 is 0 Å². The topological polar surface area (TPSA) is 101 Å². The van der Waals surface area contributed by atoms with Crippen molar-refractivity contribution in [2.45, 2.75) is 26.3 Å². The lowest BCUT2D eigenvalue weighted by Gasteiger charge is -2.18. The fourth-order valence-corrected chi connectivity index (χ4v) is 2.61. The highest BCUT2D eigenvalue weighted by molar-refractivity contribution is 6.32. The zero-order valence-corrected chi connectivity index (χ0v) is 15.0. The number of aryl methyl sites for hydroxylation is 1. The lowest BCUT2D eigenvalue weighted by Crippen LogP contribution is -2.29. The van der Waals surface area contributed by atoms with Crippen molar-refractivity contribution in [3.05, 3.63) is 68.7 Å². The Kier molecular flexibility index (Phi) is 6.30. The first-order valence-electron chi connectivity index (χ1n) is 7.83. The molecule has 136 valence electrons. The SMILES string of the molecule is CC(=O)NC(CC(=O)Nc1ccc(Cl)c([N+](=O)[O-])c1)c1ccc(C)cc1. The van der Waals surface area contributed by atoms with Crippen LogP contribution in [0.15, 0.2) is 42.5 Å². The van der Waals surface area contributed by atoms with Crippen LogP contribution in [-0.2, 0) is 9.59 Å². The van der Waals surface area contributed by atoms with Crippen LogP contribution in [0.1, 0.15) is 30.5 Å². The molecule has 0 saturated heterocycles. The van der Waals surface area contributed by atoms with Crippen LogP contribution in [0.25, 0.3) is 0 Å². The molecule has 2 N–H and O–H groups in total. The van der Waals surface area contributed by atoms with Gasteiger partial charge in [-0.05, 0) is 24.6 Å². The Morgan fingerprint density at radius 2 is 1.85 bits per heavy atom. The van der Waals surface area contributed by atoms with Gasteiger partial charge in [0.05, 0.1) is 17.4 Å². The maximum absolute atomic E-state index is 12.3. The Bertz CT molecular complexity index is 837. The summed E-state index contributed by atoms with van der Waals surface area (Å²) in [6, 6.07) is 11.0. The summed E-state index contributed by atoms with van der Waals surface area (Å²) < 4.78 is 0. The second kappa shape index (κ2) is 8.44. The normalized spacial score (nSPS) is 11.5. The molecular formula is C18H18ClN3O4. The van der Waals surface area contributed by atoms with Crippen LogP contribution in [0.5, 0.6) is 0 Å². The number of hydrogen-bond acceptors (Lipinski definition) is 4. The fraction of sp³-hybridized carbons (Fsp3) is 0.222. The summed E-state index contributed by atoms with van der Waals surface area (Å²) in [5, 5.41) is 16.3. The first-order chi connectivity index (χ1) is 12.3. The Labute approximate surface area is 155 Å². The maximum atomic E-state index is 12.3. The third-order valence-electron chi connectivity index (χ3n) is 3.67. The molecule has 0 aliphatic rings. The van der Waals surface area contributed by atoms with Crippen LogP contribution in [0.3, 0.4) is 0 Å². The molecule has 2 aromatic carbocycles. The standard InChI is InChI=1S/C18H18ClN3O4/c1-11-3-5-13(6-4-11)16(20-12(2)23)10-18(24)21-14-7-8-15(19)17(9-14)22(25)26/h3-9,16H,10H2,1-2H3,(H,20,23)(H,21,24). The van der Waals surface area contributed by atoms with Gasteiger partial charge in [0.25, 0.3) is 5.69 Å². The molecule has 0 radical (unpaired) electrons. The van der Waals surface area contributed by atoms with Crippen molar-refractivity contribution in [1.29, 1.82) is 0 Å². The number of carbonyl (C=O) groups is 2. The highest BCUT2D eigenvalue weighted by atomic mass is 35.5. The Balaban J connectivity index is 2.14. The number of hydrogen-bond donors (Lipinski definition) is 2. The van der Waals surface area contributed by atoms with E-state index in [4.69, 9.17) is 11.6 Å². The predicted molar refractivity (Wildman–Crippen MR) is 99.1 cm³/mol. The molecule has 0 bridgehead atoms. The minimum atomic E-state index is -0.621. The van der Waals surface area contributed by atoms with Crippen LogP contribution in [-0.4, -0.2) is 16.7 Å². The van der Waals surface area contributed by atoms with Gasteiger partial charge in [-0.25, -0.2) is 0 Å². The minimum absolute atomic E-state index is 0.0104. The Morgan fingerprint density at radius 1 is 1.19 bits per heavy atom. The quantitative estimate of drug-likeness (QED) is 0.592. The molecular weight excluding hydrogens is 358 g/mol. The highest BCUT2D eigenvalue weighted by Crippen LogP contribution is 2.27. The van der Waals surface area contributed by atoms with Crippen LogP contribution >= 0.6 is 11.6 Å². The van der Waals surface area contributed by atoms with Gasteiger partial charge in [0.1, 0.15) is 5.02 Å². The van der Waals surface area contributed by atoms with E-state index in [0.717, 1.165) is 11.1 Å². The number of nitrogens with one attached hydrogen (secondary N) is 2. The van der Waals surface area contributed by atoms with Crippen LogP contribution in [0.2, 0.25) is 5.02 Å². The highest BCUT2D eigenvalue weighted by Gasteiger charge is 2.19. The molecule has 0 aliphatic heterocycles. The second-order valence-electron chi connectivity index (χ2n) is 5.84. The number of amides is 2. The summed E-state index contributed by atoms with van der Waals surface area (Å²) in [4.78, 5) is 34.1. The zero-order chi connectivity index (χ0) is 19.3. The van der Waals surface area contributed by atoms with E-state index in [1.54, 1.807) is 0 Å². The number of nitrogens with zero attached hydrogens (tertiary/aromatic N) is 1. The molecule has 0 heterocycles. The third kappa shape index (κ3) is 5.29. The number of halogens is 1. The molecule has 0 spiro atoms. The third-order valence-corrected chi connectivity index (χ3v) is 3.99. The number of rotatable bonds is 6. The Hall–Kier alpha value is -2.93. The van der Waals surface area contributed by atoms with Crippen molar-refractivity contribution in [3.63, 3.8) is 0 Å². The molecule has 2 amide bonds. The van der Waals surface area contributed by atoms with Crippen molar-refractivity contribution in [1.82, 2.24) is 5.32 Å². The van der Waals surface area contributed by atoms with Gasteiger partial charge in [0.2, 0.25) is 11.8 Å². The molecule has 1 atom stereocenters. The molecule has 0 aromatic heterocycles. The molecule has 2 rings (SSSR count). The van der Waals surface area contributed by atoms with Gasteiger partial charge in [-0.2, -0.15) is 0 Å². The summed E-state index contributed by atoms with van der Waals surface area (Å²) in [6.07, 6.45) is -0.0148. The fourth-order valence-electron chi connectivity index (χ4n) is 2.42. The summed E-state index contributed by atoms with van der Waals surface area (Å²) in [7, 11) is 0. The first-order valence-corrected chi connectivity index (χ1v) is 8.21. The largest absolute Gasteiger partial charge is 0.349 e. The number of benzene rings is 2. The lowest BCUT2D eigenvalue weighted by molar-refractivity contribution is -0.384. The molecule has 0 saturated carbocycles. The van der Waals surface area contributed by atoms with Crippen molar-refractivity contribution < 1.29 is 14.5 Å². The number of carbonyl (C=O) groups excluding carboxylic acids is 2. The van der Waals surface area contributed by atoms with E-state index in [0.29, 0.717) is 0 Å². The van der Waals surface area contributed by atoms with E-state index < -0.39 is 11.0 Å². The predicted octanol–water partition coefficient (Wildman–Crippen LogP) is 3.76. The van der Waals surface area contributed by atoms with Gasteiger partial charge in [0.15, 0.2) is 0 Å². The average Bonchev–Trinajstić information content (AvgIpc) is 2.56. The molecule has 0 aliphatic carbocycles. The summed E-state index contributed by atoms with van der Waals surface area (Å²) in [5.41, 5.74) is 1.83. The molecule has 1 unspecified atom stereocenters. The number of anilines is 1. The van der Waals surface area contributed by atoms with Gasteiger partial charge < -0.3 is 10.6 Å². The van der Waals surface area contributed by atoms with Gasteiger partial charge in [-0.15, -0.1) is 0 Å². The summed E-state index contributed by atoms with van der Waals surface area (Å²) >= 11 is 5.76. The van der Waals surface area contributed by atoms with E-state index in [9.17, 15) is 19.7 Å². The van der Waals surface area contributed by atoms with E-state index in [-0.39, 0.29) is 34.6 Å². The van der Waals surface area contributed by atoms with Gasteiger partial charge in [-0.1, -0.05) is 41.4 Å². The second-order valence-corrected chi connectivity index (χ2v) is 6.25. The molecule has 7 nitrogen and oxygen atoms in total. The average molecular weight is 376 g/mol. The van der Waals surface area contributed by atoms with Crippen LogP contribution in [0.4, 0.5) is 11.4 Å². The first kappa shape index (κ1) is 19.4. The van der Waals surface area contributed by atoms with E-state index in [1.165, 1.54) is 25.1 Å². The summed E-state index contributed by atoms with van der Waals surface area (Å²) in [6.45, 7) is 3.32. The van der Waals surface area contributed by atoms with Gasteiger partial charge in [0, 0.05) is 18.7 Å². The van der Waals surface area contributed by atoms with Gasteiger partial charge in [-0.3, -0.25) is 19.7 Å². The van der Waals surface area contributed by atoms with Crippen molar-refractivity contribution in [2.24, 2.45) is 0 Å². The number of nitro benzene ring substituents is 1. The van der Waals surface area contributed by atoms with Crippen LogP contribution < -0.4 is 10.6 Å². The smallest absolute Gasteiger partial charge is 0.289 e. The monoisotopic (exact) mass is 375 g/mol. The molecule has 0 fully saturated rings.